The van der Waals surface area contributed by atoms with Gasteiger partial charge in [0.1, 0.15) is 5.78 Å². The normalized spacial score (nSPS) is 10.4. The third kappa shape index (κ3) is 5.61. The van der Waals surface area contributed by atoms with Crippen molar-refractivity contribution in [3.8, 4) is 0 Å². The van der Waals surface area contributed by atoms with Crippen LogP contribution in [0.2, 0.25) is 0 Å². The molecule has 0 unspecified atom stereocenters. The molecule has 0 aliphatic carbocycles. The zero-order valence-electron chi connectivity index (χ0n) is 9.54. The Morgan fingerprint density at radius 3 is 2.56 bits per heavy atom. The fourth-order valence-electron chi connectivity index (χ4n) is 1.35. The van der Waals surface area contributed by atoms with Crippen LogP contribution in [0.4, 0.5) is 0 Å². The Morgan fingerprint density at radius 2 is 1.94 bits per heavy atom. The summed E-state index contributed by atoms with van der Waals surface area (Å²) in [7, 11) is 0. The topological polar surface area (TPSA) is 26.3 Å². The van der Waals surface area contributed by atoms with Gasteiger partial charge in [0.05, 0.1) is 6.61 Å². The highest BCUT2D eigenvalue weighted by Gasteiger charge is 2.03. The van der Waals surface area contributed by atoms with E-state index in [9.17, 15) is 4.79 Å². The standard InChI is InChI=1S/C13H17IO2/c1-2-8-16-9-7-13(15)10-11-3-5-12(14)6-4-11/h3-6H,2,7-10H2,1H3. The van der Waals surface area contributed by atoms with Crippen LogP contribution >= 0.6 is 22.6 Å². The van der Waals surface area contributed by atoms with Gasteiger partial charge in [0.2, 0.25) is 0 Å². The van der Waals surface area contributed by atoms with Crippen molar-refractivity contribution < 1.29 is 9.53 Å². The second-order valence-corrected chi connectivity index (χ2v) is 4.95. The van der Waals surface area contributed by atoms with Gasteiger partial charge in [-0.15, -0.1) is 0 Å². The van der Waals surface area contributed by atoms with Gasteiger partial charge in [-0.1, -0.05) is 19.1 Å². The van der Waals surface area contributed by atoms with E-state index in [1.54, 1.807) is 0 Å². The van der Waals surface area contributed by atoms with Crippen LogP contribution in [0.3, 0.4) is 0 Å². The van der Waals surface area contributed by atoms with Crippen LogP contribution in [-0.4, -0.2) is 19.0 Å². The molecule has 0 spiro atoms. The molecule has 0 amide bonds. The summed E-state index contributed by atoms with van der Waals surface area (Å²) in [5.74, 6) is 0.248. The number of ether oxygens (including phenoxy) is 1. The second-order valence-electron chi connectivity index (χ2n) is 3.70. The van der Waals surface area contributed by atoms with Crippen molar-refractivity contribution in [1.82, 2.24) is 0 Å². The van der Waals surface area contributed by atoms with E-state index in [1.807, 2.05) is 24.3 Å². The number of carbonyl (C=O) groups excluding carboxylic acids is 1. The predicted molar refractivity (Wildman–Crippen MR) is 73.6 cm³/mol. The Labute approximate surface area is 111 Å². The fourth-order valence-corrected chi connectivity index (χ4v) is 1.71. The third-order valence-electron chi connectivity index (χ3n) is 2.19. The van der Waals surface area contributed by atoms with Crippen LogP contribution in [0.5, 0.6) is 0 Å². The largest absolute Gasteiger partial charge is 0.381 e. The number of benzene rings is 1. The first-order valence-corrected chi connectivity index (χ1v) is 6.64. The zero-order valence-corrected chi connectivity index (χ0v) is 11.7. The van der Waals surface area contributed by atoms with Gasteiger partial charge in [-0.25, -0.2) is 0 Å². The van der Waals surface area contributed by atoms with Crippen molar-refractivity contribution in [1.29, 1.82) is 0 Å². The van der Waals surface area contributed by atoms with E-state index >= 15 is 0 Å². The molecule has 0 aromatic heterocycles. The Morgan fingerprint density at radius 1 is 1.25 bits per heavy atom. The monoisotopic (exact) mass is 332 g/mol. The SMILES string of the molecule is CCCOCCC(=O)Cc1ccc(I)cc1. The summed E-state index contributed by atoms with van der Waals surface area (Å²) in [4.78, 5) is 11.6. The van der Waals surface area contributed by atoms with E-state index in [1.165, 1.54) is 3.57 Å². The van der Waals surface area contributed by atoms with E-state index in [0.717, 1.165) is 18.6 Å². The van der Waals surface area contributed by atoms with Gasteiger partial charge >= 0.3 is 0 Å². The van der Waals surface area contributed by atoms with Gasteiger partial charge in [-0.2, -0.15) is 0 Å². The van der Waals surface area contributed by atoms with Gasteiger partial charge in [-0.3, -0.25) is 4.79 Å². The van der Waals surface area contributed by atoms with Crippen LogP contribution < -0.4 is 0 Å². The number of hydrogen-bond acceptors (Lipinski definition) is 2. The highest BCUT2D eigenvalue weighted by Crippen LogP contribution is 2.08. The van der Waals surface area contributed by atoms with Gasteiger partial charge in [0.25, 0.3) is 0 Å². The lowest BCUT2D eigenvalue weighted by molar-refractivity contribution is -0.119. The van der Waals surface area contributed by atoms with E-state index < -0.39 is 0 Å². The summed E-state index contributed by atoms with van der Waals surface area (Å²) >= 11 is 2.26. The maximum absolute atomic E-state index is 11.6. The number of halogens is 1. The van der Waals surface area contributed by atoms with Crippen LogP contribution in [-0.2, 0) is 16.0 Å². The molecule has 2 nitrogen and oxygen atoms in total. The predicted octanol–water partition coefficient (Wildman–Crippen LogP) is 3.22. The van der Waals surface area contributed by atoms with Crippen LogP contribution in [0.15, 0.2) is 24.3 Å². The zero-order chi connectivity index (χ0) is 11.8. The minimum absolute atomic E-state index is 0.248. The van der Waals surface area contributed by atoms with E-state index in [4.69, 9.17) is 4.74 Å². The summed E-state index contributed by atoms with van der Waals surface area (Å²) in [5.41, 5.74) is 1.08. The molecular formula is C13H17IO2. The molecule has 0 atom stereocenters. The average molecular weight is 332 g/mol. The third-order valence-corrected chi connectivity index (χ3v) is 2.91. The van der Waals surface area contributed by atoms with Gasteiger partial charge in [-0.05, 0) is 46.7 Å². The Bertz CT molecular complexity index is 319. The molecule has 3 heteroatoms. The van der Waals surface area contributed by atoms with Crippen molar-refractivity contribution in [2.75, 3.05) is 13.2 Å². The fraction of sp³-hybridized carbons (Fsp3) is 0.462. The molecule has 16 heavy (non-hydrogen) atoms. The van der Waals surface area contributed by atoms with E-state index in [2.05, 4.69) is 29.5 Å². The van der Waals surface area contributed by atoms with Crippen molar-refractivity contribution in [3.05, 3.63) is 33.4 Å². The van der Waals surface area contributed by atoms with Crippen molar-refractivity contribution in [2.45, 2.75) is 26.2 Å². The Hall–Kier alpha value is -0.420. The summed E-state index contributed by atoms with van der Waals surface area (Å²) in [6, 6.07) is 8.06. The molecule has 0 N–H and O–H groups in total. The minimum Gasteiger partial charge on any atom is -0.381 e. The van der Waals surface area contributed by atoms with Gasteiger partial charge in [0, 0.05) is 23.0 Å². The Balaban J connectivity index is 2.26. The molecule has 0 saturated heterocycles. The number of Topliss-reactive ketones (excluding diaryl/α,β-unsaturated/α-hetero) is 1. The molecule has 1 aromatic rings. The van der Waals surface area contributed by atoms with Crippen molar-refractivity contribution >= 4 is 28.4 Å². The summed E-state index contributed by atoms with van der Waals surface area (Å²) in [6.07, 6.45) is 2.05. The average Bonchev–Trinajstić information content (AvgIpc) is 2.28. The molecule has 0 bridgehead atoms. The molecule has 0 fully saturated rings. The lowest BCUT2D eigenvalue weighted by Gasteiger charge is -2.03. The lowest BCUT2D eigenvalue weighted by atomic mass is 10.1. The number of carbonyl (C=O) groups is 1. The van der Waals surface area contributed by atoms with Gasteiger partial charge < -0.3 is 4.74 Å². The van der Waals surface area contributed by atoms with Crippen molar-refractivity contribution in [2.24, 2.45) is 0 Å². The summed E-state index contributed by atoms with van der Waals surface area (Å²) < 4.78 is 6.48. The number of hydrogen-bond donors (Lipinski definition) is 0. The maximum atomic E-state index is 11.6. The van der Waals surface area contributed by atoms with Crippen LogP contribution in [0.25, 0.3) is 0 Å². The molecule has 0 saturated carbocycles. The Kier molecular flexibility index (Phi) is 6.64. The summed E-state index contributed by atoms with van der Waals surface area (Å²) in [5, 5.41) is 0. The maximum Gasteiger partial charge on any atom is 0.139 e. The first-order valence-electron chi connectivity index (χ1n) is 5.56. The number of rotatable bonds is 7. The lowest BCUT2D eigenvalue weighted by Crippen LogP contribution is -2.07. The number of ketones is 1. The molecule has 1 rings (SSSR count). The molecule has 0 aliphatic heterocycles. The first-order chi connectivity index (χ1) is 7.72. The quantitative estimate of drug-likeness (QED) is 0.566. The van der Waals surface area contributed by atoms with Crippen LogP contribution in [0, 0.1) is 3.57 Å². The molecule has 0 aliphatic rings. The van der Waals surface area contributed by atoms with Crippen LogP contribution in [0.1, 0.15) is 25.3 Å². The van der Waals surface area contributed by atoms with E-state index in [0.29, 0.717) is 19.4 Å². The minimum atomic E-state index is 0.248. The highest BCUT2D eigenvalue weighted by molar-refractivity contribution is 14.1. The molecule has 0 heterocycles. The molecular weight excluding hydrogens is 315 g/mol. The molecule has 1 aromatic carbocycles. The van der Waals surface area contributed by atoms with Gasteiger partial charge in [0.15, 0.2) is 0 Å². The molecule has 0 radical (unpaired) electrons. The molecule has 88 valence electrons. The highest BCUT2D eigenvalue weighted by atomic mass is 127. The smallest absolute Gasteiger partial charge is 0.139 e. The summed E-state index contributed by atoms with van der Waals surface area (Å²) in [6.45, 7) is 3.36. The first kappa shape index (κ1) is 13.6. The second kappa shape index (κ2) is 7.79. The van der Waals surface area contributed by atoms with E-state index in [-0.39, 0.29) is 5.78 Å². The van der Waals surface area contributed by atoms with Crippen molar-refractivity contribution in [3.63, 3.8) is 0 Å².